The van der Waals surface area contributed by atoms with Crippen LogP contribution in [-0.4, -0.2) is 10.8 Å². The van der Waals surface area contributed by atoms with Gasteiger partial charge in [0, 0.05) is 22.2 Å². The van der Waals surface area contributed by atoms with Crippen molar-refractivity contribution in [1.29, 1.82) is 5.26 Å². The Bertz CT molecular complexity index is 910. The van der Waals surface area contributed by atoms with Crippen molar-refractivity contribution in [1.82, 2.24) is 4.98 Å². The molecule has 0 amide bonds. The third kappa shape index (κ3) is 3.50. The first-order chi connectivity index (χ1) is 11.7. The van der Waals surface area contributed by atoms with Crippen LogP contribution in [0.3, 0.4) is 0 Å². The molecule has 0 aliphatic carbocycles. The number of nitriles is 1. The van der Waals surface area contributed by atoms with Crippen LogP contribution in [0.25, 0.3) is 10.6 Å². The molecule has 2 aromatic carbocycles. The summed E-state index contributed by atoms with van der Waals surface area (Å²) in [5, 5.41) is 15.2. The van der Waals surface area contributed by atoms with E-state index in [1.807, 2.05) is 35.7 Å². The number of nitrogens with one attached hydrogen (secondary N) is 1. The summed E-state index contributed by atoms with van der Waals surface area (Å²) < 4.78 is 0. The van der Waals surface area contributed by atoms with Crippen LogP contribution in [0.15, 0.2) is 53.9 Å². The Morgan fingerprint density at radius 2 is 2.04 bits per heavy atom. The Kier molecular flexibility index (Phi) is 4.69. The van der Waals surface area contributed by atoms with Crippen molar-refractivity contribution < 1.29 is 4.79 Å². The molecule has 4 nitrogen and oxygen atoms in total. The number of hydrogen-bond acceptors (Lipinski definition) is 5. The molecule has 1 heterocycles. The summed E-state index contributed by atoms with van der Waals surface area (Å²) in [4.78, 5) is 16.3. The van der Waals surface area contributed by atoms with E-state index in [4.69, 9.17) is 5.26 Å². The van der Waals surface area contributed by atoms with Gasteiger partial charge < -0.3 is 5.32 Å². The number of aromatic nitrogens is 1. The van der Waals surface area contributed by atoms with E-state index in [0.717, 1.165) is 16.3 Å². The molecule has 0 aliphatic heterocycles. The van der Waals surface area contributed by atoms with Crippen molar-refractivity contribution in [2.75, 3.05) is 5.32 Å². The molecule has 118 valence electrons. The van der Waals surface area contributed by atoms with Crippen molar-refractivity contribution in [2.24, 2.45) is 0 Å². The highest BCUT2D eigenvalue weighted by molar-refractivity contribution is 7.13. The predicted molar refractivity (Wildman–Crippen MR) is 96.0 cm³/mol. The lowest BCUT2D eigenvalue weighted by Gasteiger charge is -2.09. The van der Waals surface area contributed by atoms with Crippen LogP contribution in [0.4, 0.5) is 5.69 Å². The van der Waals surface area contributed by atoms with Gasteiger partial charge >= 0.3 is 0 Å². The number of nitrogens with zero attached hydrogens (tertiary/aromatic N) is 2. The molecule has 0 fully saturated rings. The van der Waals surface area contributed by atoms with Crippen LogP contribution < -0.4 is 5.32 Å². The monoisotopic (exact) mass is 333 g/mol. The minimum absolute atomic E-state index is 0.0368. The molecule has 0 aliphatic rings. The van der Waals surface area contributed by atoms with Crippen molar-refractivity contribution in [3.63, 3.8) is 0 Å². The third-order valence-electron chi connectivity index (χ3n) is 3.56. The number of ketones is 1. The number of anilines is 1. The molecule has 0 bridgehead atoms. The third-order valence-corrected chi connectivity index (χ3v) is 4.50. The Morgan fingerprint density at radius 3 is 2.75 bits per heavy atom. The Hall–Kier alpha value is -2.97. The zero-order valence-corrected chi connectivity index (χ0v) is 13.9. The van der Waals surface area contributed by atoms with E-state index in [2.05, 4.69) is 16.4 Å². The molecule has 1 N–H and O–H groups in total. The molecule has 5 heteroatoms. The van der Waals surface area contributed by atoms with Crippen molar-refractivity contribution in [3.05, 3.63) is 70.7 Å². The Balaban J connectivity index is 1.78. The molecular formula is C19H15N3OS. The number of carbonyl (C=O) groups is 1. The molecular weight excluding hydrogens is 318 g/mol. The first-order valence-corrected chi connectivity index (χ1v) is 8.34. The van der Waals surface area contributed by atoms with E-state index in [1.54, 1.807) is 29.5 Å². The lowest BCUT2D eigenvalue weighted by atomic mass is 10.1. The van der Waals surface area contributed by atoms with Crippen LogP contribution in [0.1, 0.15) is 28.5 Å². The normalized spacial score (nSPS) is 10.2. The fourth-order valence-electron chi connectivity index (χ4n) is 2.35. The van der Waals surface area contributed by atoms with Gasteiger partial charge in [-0.1, -0.05) is 30.3 Å². The van der Waals surface area contributed by atoms with E-state index < -0.39 is 0 Å². The number of benzene rings is 2. The summed E-state index contributed by atoms with van der Waals surface area (Å²) in [5.74, 6) is -0.0368. The van der Waals surface area contributed by atoms with Crippen LogP contribution in [0, 0.1) is 11.3 Å². The van der Waals surface area contributed by atoms with Gasteiger partial charge in [0.1, 0.15) is 5.01 Å². The highest BCUT2D eigenvalue weighted by atomic mass is 32.1. The second-order valence-corrected chi connectivity index (χ2v) is 6.15. The summed E-state index contributed by atoms with van der Waals surface area (Å²) in [6.45, 7) is 2.02. The maximum atomic E-state index is 11.7. The molecule has 0 radical (unpaired) electrons. The van der Waals surface area contributed by atoms with Crippen molar-refractivity contribution in [2.45, 2.75) is 13.5 Å². The minimum atomic E-state index is -0.0368. The summed E-state index contributed by atoms with van der Waals surface area (Å²) in [5.41, 5.74) is 3.74. The molecule has 3 rings (SSSR count). The average molecular weight is 333 g/mol. The highest BCUT2D eigenvalue weighted by Crippen LogP contribution is 2.24. The Labute approximate surface area is 144 Å². The first kappa shape index (κ1) is 15.9. The van der Waals surface area contributed by atoms with Gasteiger partial charge in [-0.15, -0.1) is 11.3 Å². The zero-order chi connectivity index (χ0) is 16.9. The van der Waals surface area contributed by atoms with Gasteiger partial charge in [-0.3, -0.25) is 4.79 Å². The average Bonchev–Trinajstić information content (AvgIpc) is 3.09. The SMILES string of the molecule is CC(=O)c1ccc(C#N)cc1NCc1csc(-c2ccccc2)n1. The van der Waals surface area contributed by atoms with Gasteiger partial charge in [-0.25, -0.2) is 4.98 Å². The van der Waals surface area contributed by atoms with Gasteiger partial charge in [0.15, 0.2) is 5.78 Å². The maximum absolute atomic E-state index is 11.7. The van der Waals surface area contributed by atoms with Crippen LogP contribution in [0.2, 0.25) is 0 Å². The summed E-state index contributed by atoms with van der Waals surface area (Å²) in [6, 6.07) is 17.1. The van der Waals surface area contributed by atoms with E-state index in [1.165, 1.54) is 6.92 Å². The fraction of sp³-hybridized carbons (Fsp3) is 0.105. The number of hydrogen-bond donors (Lipinski definition) is 1. The van der Waals surface area contributed by atoms with E-state index >= 15 is 0 Å². The zero-order valence-electron chi connectivity index (χ0n) is 13.1. The standard InChI is InChI=1S/C19H15N3OS/c1-13(23)17-8-7-14(10-20)9-18(17)21-11-16-12-24-19(22-16)15-5-3-2-4-6-15/h2-9,12,21H,11H2,1H3. The maximum Gasteiger partial charge on any atom is 0.161 e. The molecule has 0 unspecified atom stereocenters. The van der Waals surface area contributed by atoms with E-state index in [0.29, 0.717) is 23.4 Å². The lowest BCUT2D eigenvalue weighted by Crippen LogP contribution is -2.05. The van der Waals surface area contributed by atoms with Gasteiger partial charge in [0.25, 0.3) is 0 Å². The smallest absolute Gasteiger partial charge is 0.161 e. The fourth-order valence-corrected chi connectivity index (χ4v) is 3.18. The minimum Gasteiger partial charge on any atom is -0.379 e. The molecule has 1 aromatic heterocycles. The van der Waals surface area contributed by atoms with Crippen LogP contribution in [-0.2, 0) is 6.54 Å². The number of rotatable bonds is 5. The molecule has 0 saturated heterocycles. The second kappa shape index (κ2) is 7.07. The second-order valence-electron chi connectivity index (χ2n) is 5.29. The topological polar surface area (TPSA) is 65.8 Å². The predicted octanol–water partition coefficient (Wildman–Crippen LogP) is 4.50. The molecule has 3 aromatic rings. The van der Waals surface area contributed by atoms with E-state index in [9.17, 15) is 4.79 Å². The van der Waals surface area contributed by atoms with Crippen molar-refractivity contribution >= 4 is 22.8 Å². The molecule has 0 atom stereocenters. The largest absolute Gasteiger partial charge is 0.379 e. The quantitative estimate of drug-likeness (QED) is 0.698. The summed E-state index contributed by atoms with van der Waals surface area (Å²) >= 11 is 1.59. The van der Waals surface area contributed by atoms with Gasteiger partial charge in [-0.2, -0.15) is 5.26 Å². The molecule has 0 spiro atoms. The highest BCUT2D eigenvalue weighted by Gasteiger charge is 2.10. The van der Waals surface area contributed by atoms with Gasteiger partial charge in [-0.05, 0) is 25.1 Å². The summed E-state index contributed by atoms with van der Waals surface area (Å²) in [7, 11) is 0. The number of carbonyl (C=O) groups excluding carboxylic acids is 1. The summed E-state index contributed by atoms with van der Waals surface area (Å²) in [6.07, 6.45) is 0. The van der Waals surface area contributed by atoms with Crippen LogP contribution in [0.5, 0.6) is 0 Å². The van der Waals surface area contributed by atoms with Crippen molar-refractivity contribution in [3.8, 4) is 16.6 Å². The van der Waals surface area contributed by atoms with Crippen LogP contribution >= 0.6 is 11.3 Å². The Morgan fingerprint density at radius 1 is 1.25 bits per heavy atom. The molecule has 0 saturated carbocycles. The van der Waals surface area contributed by atoms with Gasteiger partial charge in [0.05, 0.1) is 23.9 Å². The lowest BCUT2D eigenvalue weighted by molar-refractivity contribution is 0.101. The first-order valence-electron chi connectivity index (χ1n) is 7.46. The number of Topliss-reactive ketones (excluding diaryl/α,β-unsaturated/α-hetero) is 1. The van der Waals surface area contributed by atoms with E-state index in [-0.39, 0.29) is 5.78 Å². The molecule has 24 heavy (non-hydrogen) atoms. The van der Waals surface area contributed by atoms with Gasteiger partial charge in [0.2, 0.25) is 0 Å². The number of thiazole rings is 1.